The van der Waals surface area contributed by atoms with Crippen molar-refractivity contribution >= 4 is 23.7 Å². The lowest BCUT2D eigenvalue weighted by Crippen LogP contribution is -2.47. The molecule has 0 aromatic carbocycles. The van der Waals surface area contributed by atoms with Crippen LogP contribution in [0, 0.1) is 0 Å². The highest BCUT2D eigenvalue weighted by atomic mass is 32.2. The minimum Gasteiger partial charge on any atom is -0.329 e. The molecule has 0 aliphatic carbocycles. The summed E-state index contributed by atoms with van der Waals surface area (Å²) in [4.78, 5) is 30.3. The molecule has 9 heteroatoms. The van der Waals surface area contributed by atoms with E-state index >= 15 is 0 Å². The number of rotatable bonds is 6. The van der Waals surface area contributed by atoms with Crippen molar-refractivity contribution in [3.05, 3.63) is 5.82 Å². The van der Waals surface area contributed by atoms with Gasteiger partial charge in [0.1, 0.15) is 19.3 Å². The van der Waals surface area contributed by atoms with Gasteiger partial charge in [-0.2, -0.15) is 4.68 Å². The summed E-state index contributed by atoms with van der Waals surface area (Å²) in [6, 6.07) is -0.327. The summed E-state index contributed by atoms with van der Waals surface area (Å²) in [7, 11) is 4.70. The maximum Gasteiger partial charge on any atom is 0.355 e. The molecule has 1 aromatic rings. The van der Waals surface area contributed by atoms with Crippen LogP contribution in [0.3, 0.4) is 0 Å². The third kappa shape index (κ3) is 4.55. The van der Waals surface area contributed by atoms with Gasteiger partial charge in [0, 0.05) is 19.5 Å². The Kier molecular flexibility index (Phi) is 6.54. The lowest BCUT2D eigenvalue weighted by atomic mass is 9.90. The number of nitrogens with zero attached hydrogens (tertiary/aromatic N) is 5. The molecule has 0 spiro atoms. The highest BCUT2D eigenvalue weighted by Crippen LogP contribution is 2.27. The van der Waals surface area contributed by atoms with E-state index in [0.29, 0.717) is 11.0 Å². The first-order valence-corrected chi connectivity index (χ1v) is 8.88. The van der Waals surface area contributed by atoms with Gasteiger partial charge in [-0.1, -0.05) is 32.5 Å². The molecule has 1 aromatic heterocycles. The Hall–Kier alpha value is -1.45. The van der Waals surface area contributed by atoms with E-state index in [9.17, 15) is 14.8 Å². The van der Waals surface area contributed by atoms with E-state index in [2.05, 4.69) is 10.1 Å². The van der Waals surface area contributed by atoms with Gasteiger partial charge in [-0.15, -0.1) is 9.75 Å². The molecule has 0 saturated carbocycles. The molecular formula is C15H28N5O3S+. The molecule has 1 heterocycles. The fraction of sp³-hybridized carbons (Fsp3) is 0.733. The van der Waals surface area contributed by atoms with Gasteiger partial charge in [0.15, 0.2) is 11.0 Å². The van der Waals surface area contributed by atoms with E-state index in [1.807, 2.05) is 20.8 Å². The molecule has 24 heavy (non-hydrogen) atoms. The minimum atomic E-state index is -0.698. The quantitative estimate of drug-likeness (QED) is 0.362. The molecule has 0 aliphatic rings. The predicted octanol–water partition coefficient (Wildman–Crippen LogP) is 1.97. The number of carbonyl (C=O) groups is 2. The fourth-order valence-corrected chi connectivity index (χ4v) is 2.51. The van der Waals surface area contributed by atoms with Crippen molar-refractivity contribution in [2.75, 3.05) is 33.4 Å². The average Bonchev–Trinajstić information content (AvgIpc) is 2.96. The zero-order valence-electron chi connectivity index (χ0n) is 15.5. The predicted molar refractivity (Wildman–Crippen MR) is 92.1 cm³/mol. The van der Waals surface area contributed by atoms with Crippen LogP contribution in [0.2, 0.25) is 0 Å². The number of amides is 2. The normalized spacial score (nSPS) is 14.3. The molecule has 1 N–H and O–H groups in total. The fourth-order valence-electron chi connectivity index (χ4n) is 1.59. The molecule has 1 atom stereocenters. The van der Waals surface area contributed by atoms with E-state index in [-0.39, 0.29) is 29.7 Å². The Bertz CT molecular complexity index is 610. The summed E-state index contributed by atoms with van der Waals surface area (Å²) < 4.78 is 0.522. The van der Waals surface area contributed by atoms with Crippen LogP contribution in [-0.4, -0.2) is 74.9 Å². The van der Waals surface area contributed by atoms with E-state index in [0.717, 1.165) is 18.2 Å². The lowest BCUT2D eigenvalue weighted by Gasteiger charge is -2.20. The highest BCUT2D eigenvalue weighted by Gasteiger charge is 2.31. The van der Waals surface area contributed by atoms with Crippen molar-refractivity contribution in [2.24, 2.45) is 0 Å². The Morgan fingerprint density at radius 2 is 1.92 bits per heavy atom. The first-order chi connectivity index (χ1) is 11.0. The number of carbonyl (C=O) groups excluding carboxylic acids is 2. The molecule has 2 amide bonds. The van der Waals surface area contributed by atoms with E-state index in [4.69, 9.17) is 0 Å². The Balaban J connectivity index is 3.12. The first-order valence-electron chi connectivity index (χ1n) is 7.90. The second-order valence-corrected chi connectivity index (χ2v) is 7.62. The number of thioether (sulfide) groups is 1. The number of hydrogen-bond donors (Lipinski definition) is 1. The van der Waals surface area contributed by atoms with Gasteiger partial charge in [-0.25, -0.2) is 19.8 Å². The largest absolute Gasteiger partial charge is 0.355 e. The Labute approximate surface area is 147 Å². The van der Waals surface area contributed by atoms with Crippen molar-refractivity contribution < 1.29 is 19.4 Å². The first kappa shape index (κ1) is 20.6. The van der Waals surface area contributed by atoms with Gasteiger partial charge < -0.3 is 4.90 Å². The lowest BCUT2D eigenvalue weighted by molar-refractivity contribution is -1.02. The Morgan fingerprint density at radius 3 is 2.38 bits per heavy atom. The SMILES string of the molecule is CCC(C)(C)c1nc(SCC(=O)[N+](C)(O)CC)n(C(=O)N(C)C)n1. The molecule has 1 rings (SSSR count). The Morgan fingerprint density at radius 1 is 1.33 bits per heavy atom. The average molecular weight is 358 g/mol. The summed E-state index contributed by atoms with van der Waals surface area (Å²) in [6.07, 6.45) is 0.817. The molecule has 0 bridgehead atoms. The van der Waals surface area contributed by atoms with Gasteiger partial charge in [0.05, 0.1) is 0 Å². The molecule has 136 valence electrons. The van der Waals surface area contributed by atoms with E-state index in [1.54, 1.807) is 21.0 Å². The molecule has 0 fully saturated rings. The van der Waals surface area contributed by atoms with Crippen molar-refractivity contribution in [1.29, 1.82) is 0 Å². The van der Waals surface area contributed by atoms with Gasteiger partial charge in [0.25, 0.3) is 0 Å². The molecular weight excluding hydrogens is 330 g/mol. The maximum atomic E-state index is 12.3. The summed E-state index contributed by atoms with van der Waals surface area (Å²) in [5, 5.41) is 14.7. The topological polar surface area (TPSA) is 88.3 Å². The van der Waals surface area contributed by atoms with Gasteiger partial charge in [0.2, 0.25) is 0 Å². The van der Waals surface area contributed by atoms with Gasteiger partial charge in [-0.05, 0) is 13.3 Å². The van der Waals surface area contributed by atoms with Crippen LogP contribution < -0.4 is 0 Å². The highest BCUT2D eigenvalue weighted by molar-refractivity contribution is 7.99. The zero-order chi connectivity index (χ0) is 18.7. The third-order valence-corrected chi connectivity index (χ3v) is 5.02. The van der Waals surface area contributed by atoms with Crippen molar-refractivity contribution in [2.45, 2.75) is 44.7 Å². The van der Waals surface area contributed by atoms with Gasteiger partial charge >= 0.3 is 11.9 Å². The second kappa shape index (κ2) is 7.62. The molecule has 1 unspecified atom stereocenters. The van der Waals surface area contributed by atoms with Crippen molar-refractivity contribution in [1.82, 2.24) is 19.7 Å². The van der Waals surface area contributed by atoms with Crippen LogP contribution in [0.25, 0.3) is 0 Å². The van der Waals surface area contributed by atoms with E-state index in [1.165, 1.54) is 16.6 Å². The summed E-state index contributed by atoms with van der Waals surface area (Å²) in [6.45, 7) is 8.04. The molecule has 8 nitrogen and oxygen atoms in total. The summed E-state index contributed by atoms with van der Waals surface area (Å²) in [5.41, 5.74) is -0.276. The third-order valence-electron chi connectivity index (χ3n) is 4.11. The smallest absolute Gasteiger partial charge is 0.329 e. The molecule has 0 aliphatic heterocycles. The minimum absolute atomic E-state index is 0.00619. The molecule has 0 radical (unpaired) electrons. The van der Waals surface area contributed by atoms with Crippen LogP contribution >= 0.6 is 11.8 Å². The second-order valence-electron chi connectivity index (χ2n) is 6.68. The number of hydrogen-bond acceptors (Lipinski definition) is 6. The molecule has 0 saturated heterocycles. The van der Waals surface area contributed by atoms with Gasteiger partial charge in [-0.3, -0.25) is 0 Å². The van der Waals surface area contributed by atoms with Crippen LogP contribution in [0.15, 0.2) is 5.16 Å². The monoisotopic (exact) mass is 358 g/mol. The number of quaternary nitrogens is 1. The standard InChI is InChI=1S/C15H28N5O3S/c1-8-15(3,4)12-16-13(19(17-12)14(22)18(5)6)24-10-11(21)20(7,23)9-2/h23H,8-10H2,1-7H3/q+1. The van der Waals surface area contributed by atoms with E-state index < -0.39 is 4.65 Å². The van der Waals surface area contributed by atoms with Crippen molar-refractivity contribution in [3.63, 3.8) is 0 Å². The van der Waals surface area contributed by atoms with Crippen LogP contribution in [0.5, 0.6) is 0 Å². The van der Waals surface area contributed by atoms with Crippen LogP contribution in [-0.2, 0) is 10.2 Å². The maximum absolute atomic E-state index is 12.3. The summed E-state index contributed by atoms with van der Waals surface area (Å²) in [5.74, 6) is 0.212. The summed E-state index contributed by atoms with van der Waals surface area (Å²) >= 11 is 1.11. The van der Waals surface area contributed by atoms with Crippen molar-refractivity contribution in [3.8, 4) is 0 Å². The number of aromatic nitrogens is 3. The number of hydroxylamine groups is 3. The van der Waals surface area contributed by atoms with Crippen LogP contribution in [0.1, 0.15) is 39.9 Å². The van der Waals surface area contributed by atoms with Crippen LogP contribution in [0.4, 0.5) is 4.79 Å². The zero-order valence-corrected chi connectivity index (χ0v) is 16.3.